The van der Waals surface area contributed by atoms with Crippen LogP contribution in [0.5, 0.6) is 0 Å². The number of likely N-dealkylation sites (N-methyl/N-ethyl adjacent to an activating group) is 1. The summed E-state index contributed by atoms with van der Waals surface area (Å²) in [6, 6.07) is 0. The molecule has 7 heteroatoms. The fourth-order valence-electron chi connectivity index (χ4n) is 2.07. The molecule has 7 nitrogen and oxygen atoms in total. The Morgan fingerprint density at radius 3 is 3.06 bits per heavy atom. The highest BCUT2D eigenvalue weighted by Gasteiger charge is 2.45. The van der Waals surface area contributed by atoms with Crippen molar-refractivity contribution in [3.8, 4) is 0 Å². The molecule has 1 aliphatic carbocycles. The summed E-state index contributed by atoms with van der Waals surface area (Å²) in [6.45, 7) is 5.18. The van der Waals surface area contributed by atoms with Crippen LogP contribution in [0.4, 0.5) is 0 Å². The van der Waals surface area contributed by atoms with Gasteiger partial charge in [-0.3, -0.25) is 4.79 Å². The number of ether oxygens (including phenoxy) is 1. The summed E-state index contributed by atoms with van der Waals surface area (Å²) in [5, 5.41) is 13.8. The van der Waals surface area contributed by atoms with Crippen LogP contribution in [0.15, 0.2) is 0 Å². The van der Waals surface area contributed by atoms with Gasteiger partial charge in [0.25, 0.3) is 0 Å². The summed E-state index contributed by atoms with van der Waals surface area (Å²) in [5.41, 5.74) is 0. The molecule has 1 fully saturated rings. The van der Waals surface area contributed by atoms with Crippen molar-refractivity contribution in [2.45, 2.75) is 32.3 Å². The predicted octanol–water partition coefficient (Wildman–Crippen LogP) is 0.187. The summed E-state index contributed by atoms with van der Waals surface area (Å²) in [5.74, 6) is 0.880. The molecule has 0 aliphatic heterocycles. The fraction of sp³-hybridized carbons (Fsp3) is 0.818. The molecule has 3 atom stereocenters. The molecule has 0 aromatic carbocycles. The van der Waals surface area contributed by atoms with Gasteiger partial charge in [0, 0.05) is 26.1 Å². The zero-order valence-corrected chi connectivity index (χ0v) is 11.0. The van der Waals surface area contributed by atoms with Gasteiger partial charge in [-0.15, -0.1) is 10.2 Å². The van der Waals surface area contributed by atoms with Crippen LogP contribution < -0.4 is 0 Å². The van der Waals surface area contributed by atoms with E-state index in [2.05, 4.69) is 20.6 Å². The summed E-state index contributed by atoms with van der Waals surface area (Å²) >= 11 is 0. The number of carbonyl (C=O) groups is 1. The molecule has 1 aliphatic rings. The van der Waals surface area contributed by atoms with Gasteiger partial charge in [0.1, 0.15) is 0 Å². The minimum atomic E-state index is 0.0346. The zero-order valence-electron chi connectivity index (χ0n) is 11.0. The van der Waals surface area contributed by atoms with Gasteiger partial charge in [-0.25, -0.2) is 0 Å². The molecule has 18 heavy (non-hydrogen) atoms. The molecule has 0 bridgehead atoms. The third-order valence-electron chi connectivity index (χ3n) is 3.16. The second-order valence-corrected chi connectivity index (χ2v) is 4.73. The molecule has 2 rings (SSSR count). The molecule has 100 valence electrons. The Bertz CT molecular complexity index is 394. The lowest BCUT2D eigenvalue weighted by Crippen LogP contribution is -2.32. The highest BCUT2D eigenvalue weighted by Crippen LogP contribution is 2.35. The summed E-state index contributed by atoms with van der Waals surface area (Å²) in [6.07, 6.45) is 0.957. The van der Waals surface area contributed by atoms with Crippen LogP contribution in [0.3, 0.4) is 0 Å². The number of hydrogen-bond donors (Lipinski definition) is 1. The van der Waals surface area contributed by atoms with Crippen LogP contribution >= 0.6 is 0 Å². The third kappa shape index (κ3) is 2.84. The Morgan fingerprint density at radius 1 is 1.67 bits per heavy atom. The van der Waals surface area contributed by atoms with E-state index in [4.69, 9.17) is 4.74 Å². The first kappa shape index (κ1) is 12.9. The number of tetrazole rings is 1. The maximum Gasteiger partial charge on any atom is 0.228 e. The van der Waals surface area contributed by atoms with E-state index in [9.17, 15) is 4.79 Å². The van der Waals surface area contributed by atoms with Crippen molar-refractivity contribution >= 4 is 5.91 Å². The Balaban J connectivity index is 1.81. The van der Waals surface area contributed by atoms with Gasteiger partial charge in [-0.05, 0) is 13.3 Å². The van der Waals surface area contributed by atoms with Crippen LogP contribution in [-0.2, 0) is 9.53 Å². The zero-order chi connectivity index (χ0) is 13.1. The minimum Gasteiger partial charge on any atom is -0.378 e. The van der Waals surface area contributed by atoms with E-state index in [0.29, 0.717) is 19.0 Å². The number of rotatable bonds is 6. The first-order valence-electron chi connectivity index (χ1n) is 6.23. The molecule has 1 aromatic heterocycles. The van der Waals surface area contributed by atoms with Crippen molar-refractivity contribution in [2.75, 3.05) is 20.2 Å². The van der Waals surface area contributed by atoms with Crippen molar-refractivity contribution in [2.24, 2.45) is 5.92 Å². The number of aromatic amines is 1. The second-order valence-electron chi connectivity index (χ2n) is 4.73. The van der Waals surface area contributed by atoms with Gasteiger partial charge >= 0.3 is 0 Å². The van der Waals surface area contributed by atoms with Crippen molar-refractivity contribution in [1.82, 2.24) is 25.5 Å². The highest BCUT2D eigenvalue weighted by molar-refractivity contribution is 5.82. The topological polar surface area (TPSA) is 84.0 Å². The molecular formula is C11H19N5O2. The molecule has 1 heterocycles. The first-order valence-corrected chi connectivity index (χ1v) is 6.23. The van der Waals surface area contributed by atoms with E-state index in [1.807, 2.05) is 13.8 Å². The number of nitrogens with one attached hydrogen (secondary N) is 1. The van der Waals surface area contributed by atoms with Gasteiger partial charge in [-0.1, -0.05) is 12.1 Å². The number of H-pyrrole nitrogens is 1. The molecule has 1 saturated carbocycles. The Kier molecular flexibility index (Phi) is 3.90. The lowest BCUT2D eigenvalue weighted by atomic mass is 10.1. The normalized spacial score (nSPS) is 23.7. The second kappa shape index (κ2) is 5.43. The van der Waals surface area contributed by atoms with Crippen molar-refractivity contribution in [1.29, 1.82) is 0 Å². The average Bonchev–Trinajstić information content (AvgIpc) is 2.91. The molecule has 1 amide bonds. The first-order chi connectivity index (χ1) is 8.63. The van der Waals surface area contributed by atoms with Gasteiger partial charge in [0.15, 0.2) is 5.82 Å². The van der Waals surface area contributed by atoms with Crippen molar-refractivity contribution in [3.63, 3.8) is 0 Å². The summed E-state index contributed by atoms with van der Waals surface area (Å²) in [7, 11) is 1.81. The third-order valence-corrected chi connectivity index (χ3v) is 3.16. The Morgan fingerprint density at radius 2 is 2.44 bits per heavy atom. The van der Waals surface area contributed by atoms with E-state index < -0.39 is 0 Å². The van der Waals surface area contributed by atoms with E-state index in [-0.39, 0.29) is 23.8 Å². The highest BCUT2D eigenvalue weighted by atomic mass is 16.5. The molecule has 3 unspecified atom stereocenters. The van der Waals surface area contributed by atoms with E-state index >= 15 is 0 Å². The maximum atomic E-state index is 12.1. The lowest BCUT2D eigenvalue weighted by Gasteiger charge is -2.19. The molecule has 1 N–H and O–H groups in total. The largest absolute Gasteiger partial charge is 0.378 e. The van der Waals surface area contributed by atoms with Gasteiger partial charge in [0.2, 0.25) is 5.91 Å². The van der Waals surface area contributed by atoms with Gasteiger partial charge in [0.05, 0.1) is 12.0 Å². The number of amides is 1. The van der Waals surface area contributed by atoms with Gasteiger partial charge < -0.3 is 9.64 Å². The lowest BCUT2D eigenvalue weighted by molar-refractivity contribution is -0.132. The molecule has 0 radical (unpaired) electrons. The molecular weight excluding hydrogens is 234 g/mol. The molecule has 0 spiro atoms. The minimum absolute atomic E-state index is 0.0346. The average molecular weight is 253 g/mol. The summed E-state index contributed by atoms with van der Waals surface area (Å²) < 4.78 is 5.43. The monoisotopic (exact) mass is 253 g/mol. The van der Waals surface area contributed by atoms with Crippen molar-refractivity contribution < 1.29 is 9.53 Å². The van der Waals surface area contributed by atoms with Crippen LogP contribution in [0.1, 0.15) is 32.0 Å². The molecule has 1 aromatic rings. The fourth-order valence-corrected chi connectivity index (χ4v) is 2.07. The van der Waals surface area contributed by atoms with Crippen LogP contribution in [0.25, 0.3) is 0 Å². The Labute approximate surface area is 106 Å². The van der Waals surface area contributed by atoms with Crippen LogP contribution in [-0.4, -0.2) is 57.7 Å². The van der Waals surface area contributed by atoms with E-state index in [0.717, 1.165) is 6.42 Å². The van der Waals surface area contributed by atoms with E-state index in [1.165, 1.54) is 0 Å². The predicted molar refractivity (Wildman–Crippen MR) is 63.8 cm³/mol. The van der Waals surface area contributed by atoms with Crippen molar-refractivity contribution in [3.05, 3.63) is 5.82 Å². The smallest absolute Gasteiger partial charge is 0.228 e. The van der Waals surface area contributed by atoms with E-state index in [1.54, 1.807) is 11.9 Å². The van der Waals surface area contributed by atoms with Crippen LogP contribution in [0.2, 0.25) is 0 Å². The Hall–Kier alpha value is -1.50. The SMILES string of the molecule is CCOC1CC1C(=O)N(C)CC(C)c1nn[nH]n1. The maximum absolute atomic E-state index is 12.1. The standard InChI is InChI=1S/C11H19N5O2/c1-4-18-9-5-8(9)11(17)16(3)6-7(2)10-12-14-15-13-10/h7-9H,4-6H2,1-3H3,(H,12,13,14,15). The number of hydrogen-bond acceptors (Lipinski definition) is 5. The quantitative estimate of drug-likeness (QED) is 0.782. The number of nitrogens with zero attached hydrogens (tertiary/aromatic N) is 4. The molecule has 0 saturated heterocycles. The van der Waals surface area contributed by atoms with Gasteiger partial charge in [-0.2, -0.15) is 5.21 Å². The summed E-state index contributed by atoms with van der Waals surface area (Å²) in [4.78, 5) is 13.8. The number of aromatic nitrogens is 4. The number of carbonyl (C=O) groups excluding carboxylic acids is 1. The van der Waals surface area contributed by atoms with Crippen LogP contribution in [0, 0.1) is 5.92 Å².